The van der Waals surface area contributed by atoms with Crippen LogP contribution in [-0.4, -0.2) is 18.7 Å². The number of carbonyl (C=O) groups excluding carboxylic acids is 1. The van der Waals surface area contributed by atoms with Crippen molar-refractivity contribution in [3.8, 4) is 5.75 Å². The molecule has 5 nitrogen and oxygen atoms in total. The standard InChI is InChI=1S/C16H17N3O2/c1-13(14-7-6-8-15(11-14)21-2)17-18-16(20)12-19-9-4-3-5-10-19/h3-11H,12H2,1-2H3/p+1. The van der Waals surface area contributed by atoms with E-state index < -0.39 is 0 Å². The number of aromatic nitrogens is 1. The van der Waals surface area contributed by atoms with E-state index in [1.807, 2.05) is 61.8 Å². The fourth-order valence-electron chi connectivity index (χ4n) is 1.80. The lowest BCUT2D eigenvalue weighted by Crippen LogP contribution is -2.41. The number of amides is 1. The van der Waals surface area contributed by atoms with E-state index in [-0.39, 0.29) is 12.5 Å². The van der Waals surface area contributed by atoms with Crippen molar-refractivity contribution in [2.45, 2.75) is 13.5 Å². The maximum atomic E-state index is 11.8. The Labute approximate surface area is 123 Å². The summed E-state index contributed by atoms with van der Waals surface area (Å²) in [5.74, 6) is 0.585. The molecule has 1 N–H and O–H groups in total. The summed E-state index contributed by atoms with van der Waals surface area (Å²) in [6.45, 7) is 2.07. The van der Waals surface area contributed by atoms with Gasteiger partial charge in [-0.2, -0.15) is 9.67 Å². The van der Waals surface area contributed by atoms with Gasteiger partial charge in [0.1, 0.15) is 5.75 Å². The largest absolute Gasteiger partial charge is 0.497 e. The van der Waals surface area contributed by atoms with Gasteiger partial charge in [-0.25, -0.2) is 5.43 Å². The number of hydrogen-bond donors (Lipinski definition) is 1. The Morgan fingerprint density at radius 2 is 2.00 bits per heavy atom. The van der Waals surface area contributed by atoms with Crippen LogP contribution in [0.25, 0.3) is 0 Å². The number of hydrogen-bond acceptors (Lipinski definition) is 3. The predicted octanol–water partition coefficient (Wildman–Crippen LogP) is 1.52. The summed E-state index contributed by atoms with van der Waals surface area (Å²) in [5.41, 5.74) is 4.18. The molecule has 0 radical (unpaired) electrons. The van der Waals surface area contributed by atoms with Gasteiger partial charge in [0.2, 0.25) is 6.54 Å². The molecule has 0 saturated carbocycles. The van der Waals surface area contributed by atoms with E-state index in [4.69, 9.17) is 4.74 Å². The van der Waals surface area contributed by atoms with Crippen molar-refractivity contribution in [1.82, 2.24) is 5.43 Å². The molecule has 0 spiro atoms. The van der Waals surface area contributed by atoms with E-state index >= 15 is 0 Å². The average Bonchev–Trinajstić information content (AvgIpc) is 2.53. The number of benzene rings is 1. The van der Waals surface area contributed by atoms with Gasteiger partial charge in [0.05, 0.1) is 12.8 Å². The van der Waals surface area contributed by atoms with E-state index in [1.165, 1.54) is 0 Å². The molecule has 0 saturated heterocycles. The van der Waals surface area contributed by atoms with Gasteiger partial charge in [-0.1, -0.05) is 18.2 Å². The van der Waals surface area contributed by atoms with Crippen LogP contribution in [0.15, 0.2) is 60.0 Å². The van der Waals surface area contributed by atoms with Gasteiger partial charge in [0, 0.05) is 17.7 Å². The molecule has 0 aliphatic rings. The lowest BCUT2D eigenvalue weighted by atomic mass is 10.1. The van der Waals surface area contributed by atoms with Crippen molar-refractivity contribution in [3.63, 3.8) is 0 Å². The first-order valence-corrected chi connectivity index (χ1v) is 6.60. The molecule has 108 valence electrons. The van der Waals surface area contributed by atoms with Crippen LogP contribution < -0.4 is 14.7 Å². The third kappa shape index (κ3) is 4.42. The van der Waals surface area contributed by atoms with Crippen molar-refractivity contribution in [2.75, 3.05) is 7.11 Å². The van der Waals surface area contributed by atoms with Crippen LogP contribution in [0, 0.1) is 0 Å². The minimum absolute atomic E-state index is 0.173. The molecular formula is C16H18N3O2+. The molecule has 2 aromatic rings. The van der Waals surface area contributed by atoms with Crippen LogP contribution in [0.4, 0.5) is 0 Å². The van der Waals surface area contributed by atoms with Crippen LogP contribution in [0.1, 0.15) is 12.5 Å². The van der Waals surface area contributed by atoms with Crippen molar-refractivity contribution < 1.29 is 14.1 Å². The Balaban J connectivity index is 1.98. The zero-order valence-corrected chi connectivity index (χ0v) is 12.1. The summed E-state index contributed by atoms with van der Waals surface area (Å²) >= 11 is 0. The first-order chi connectivity index (χ1) is 10.2. The first kappa shape index (κ1) is 14.7. The number of ether oxygens (including phenoxy) is 1. The normalized spacial score (nSPS) is 11.0. The molecule has 1 amide bonds. The molecule has 0 unspecified atom stereocenters. The molecule has 0 fully saturated rings. The Bertz CT molecular complexity index is 639. The number of rotatable bonds is 5. The average molecular weight is 284 g/mol. The molecular weight excluding hydrogens is 266 g/mol. The molecule has 1 aromatic heterocycles. The number of nitrogens with one attached hydrogen (secondary N) is 1. The van der Waals surface area contributed by atoms with E-state index in [1.54, 1.807) is 11.7 Å². The van der Waals surface area contributed by atoms with Crippen molar-refractivity contribution in [3.05, 3.63) is 60.4 Å². The quantitative estimate of drug-likeness (QED) is 0.514. The zero-order valence-electron chi connectivity index (χ0n) is 12.1. The van der Waals surface area contributed by atoms with Gasteiger partial charge < -0.3 is 4.74 Å². The minimum Gasteiger partial charge on any atom is -0.497 e. The van der Waals surface area contributed by atoms with Crippen molar-refractivity contribution in [2.24, 2.45) is 5.10 Å². The number of pyridine rings is 1. The molecule has 0 aliphatic heterocycles. The van der Waals surface area contributed by atoms with Gasteiger partial charge in [-0.05, 0) is 19.1 Å². The topological polar surface area (TPSA) is 54.6 Å². The highest BCUT2D eigenvalue weighted by atomic mass is 16.5. The van der Waals surface area contributed by atoms with E-state index in [2.05, 4.69) is 10.5 Å². The van der Waals surface area contributed by atoms with Crippen LogP contribution in [0.3, 0.4) is 0 Å². The fraction of sp³-hybridized carbons (Fsp3) is 0.188. The van der Waals surface area contributed by atoms with E-state index in [9.17, 15) is 4.79 Å². The highest BCUT2D eigenvalue weighted by Gasteiger charge is 2.07. The maximum Gasteiger partial charge on any atom is 0.305 e. The highest BCUT2D eigenvalue weighted by molar-refractivity contribution is 5.99. The molecule has 21 heavy (non-hydrogen) atoms. The number of carbonyl (C=O) groups is 1. The molecule has 0 bridgehead atoms. The smallest absolute Gasteiger partial charge is 0.305 e. The Kier molecular flexibility index (Phi) is 5.04. The number of hydrazone groups is 1. The Morgan fingerprint density at radius 1 is 1.24 bits per heavy atom. The fourth-order valence-corrected chi connectivity index (χ4v) is 1.80. The lowest BCUT2D eigenvalue weighted by molar-refractivity contribution is -0.684. The SMILES string of the molecule is COc1cccc(C(C)=NNC(=O)C[n+]2ccccc2)c1. The Morgan fingerprint density at radius 3 is 2.71 bits per heavy atom. The summed E-state index contributed by atoms with van der Waals surface area (Å²) < 4.78 is 6.95. The number of nitrogens with zero attached hydrogens (tertiary/aromatic N) is 2. The highest BCUT2D eigenvalue weighted by Crippen LogP contribution is 2.12. The Hall–Kier alpha value is -2.69. The third-order valence-electron chi connectivity index (χ3n) is 2.94. The van der Waals surface area contributed by atoms with Crippen LogP contribution in [0.5, 0.6) is 5.75 Å². The second-order valence-electron chi connectivity index (χ2n) is 4.51. The van der Waals surface area contributed by atoms with E-state index in [0.717, 1.165) is 17.0 Å². The zero-order chi connectivity index (χ0) is 15.1. The van der Waals surface area contributed by atoms with Gasteiger partial charge in [-0.15, -0.1) is 0 Å². The van der Waals surface area contributed by atoms with Crippen molar-refractivity contribution in [1.29, 1.82) is 0 Å². The van der Waals surface area contributed by atoms with Gasteiger partial charge >= 0.3 is 5.91 Å². The van der Waals surface area contributed by atoms with Crippen LogP contribution in [0.2, 0.25) is 0 Å². The van der Waals surface area contributed by atoms with E-state index in [0.29, 0.717) is 0 Å². The second kappa shape index (κ2) is 7.19. The summed E-state index contributed by atoms with van der Waals surface area (Å²) in [6.07, 6.45) is 3.66. The van der Waals surface area contributed by atoms with Crippen LogP contribution >= 0.6 is 0 Å². The van der Waals surface area contributed by atoms with Gasteiger partial charge in [-0.3, -0.25) is 4.79 Å². The predicted molar refractivity (Wildman–Crippen MR) is 80.0 cm³/mol. The first-order valence-electron chi connectivity index (χ1n) is 6.60. The third-order valence-corrected chi connectivity index (χ3v) is 2.94. The molecule has 0 aliphatic carbocycles. The molecule has 2 rings (SSSR count). The number of methoxy groups -OCH3 is 1. The molecule has 0 atom stereocenters. The summed E-state index contributed by atoms with van der Waals surface area (Å²) in [4.78, 5) is 11.8. The summed E-state index contributed by atoms with van der Waals surface area (Å²) in [5, 5.41) is 4.11. The van der Waals surface area contributed by atoms with Gasteiger partial charge in [0.15, 0.2) is 12.4 Å². The minimum atomic E-state index is -0.173. The maximum absolute atomic E-state index is 11.8. The lowest BCUT2D eigenvalue weighted by Gasteiger charge is -2.04. The molecule has 5 heteroatoms. The summed E-state index contributed by atoms with van der Waals surface area (Å²) in [6, 6.07) is 13.2. The second-order valence-corrected chi connectivity index (χ2v) is 4.51. The van der Waals surface area contributed by atoms with Crippen molar-refractivity contribution >= 4 is 11.6 Å². The van der Waals surface area contributed by atoms with Crippen LogP contribution in [-0.2, 0) is 11.3 Å². The molecule has 1 aromatic carbocycles. The molecule has 1 heterocycles. The van der Waals surface area contributed by atoms with Gasteiger partial charge in [0.25, 0.3) is 0 Å². The monoisotopic (exact) mass is 284 g/mol. The summed E-state index contributed by atoms with van der Waals surface area (Å²) in [7, 11) is 1.62.